The number of rotatable bonds is 8. The fourth-order valence-corrected chi connectivity index (χ4v) is 3.45. The van der Waals surface area contributed by atoms with E-state index in [0.29, 0.717) is 5.69 Å². The standard InChI is InChI=1S/C18H24N4O4S/c1-5-22(6-2)14-7-9-16(13(3)11-14)20-21-17-10-8-15(25-26-19)12-18(17)27(4,23)24/h7-12H,5-6,19H2,1-4H3. The summed E-state index contributed by atoms with van der Waals surface area (Å²) in [6.07, 6.45) is 1.08. The Morgan fingerprint density at radius 3 is 2.22 bits per heavy atom. The monoisotopic (exact) mass is 392 g/mol. The molecule has 0 spiro atoms. The zero-order valence-corrected chi connectivity index (χ0v) is 16.7. The van der Waals surface area contributed by atoms with E-state index >= 15 is 0 Å². The molecule has 146 valence electrons. The lowest BCUT2D eigenvalue weighted by molar-refractivity contribution is -0.211. The van der Waals surface area contributed by atoms with Crippen LogP contribution >= 0.6 is 0 Å². The number of benzene rings is 2. The van der Waals surface area contributed by atoms with Crippen molar-refractivity contribution in [1.29, 1.82) is 0 Å². The normalized spacial score (nSPS) is 11.7. The topological polar surface area (TPSA) is 107 Å². The zero-order chi connectivity index (χ0) is 20.0. The van der Waals surface area contributed by atoms with Gasteiger partial charge in [-0.3, -0.25) is 0 Å². The molecular formula is C18H24N4O4S. The summed E-state index contributed by atoms with van der Waals surface area (Å²) in [7, 11) is -3.55. The van der Waals surface area contributed by atoms with Crippen LogP contribution in [-0.4, -0.2) is 27.8 Å². The van der Waals surface area contributed by atoms with Gasteiger partial charge in [0.1, 0.15) is 5.69 Å². The minimum absolute atomic E-state index is 0.0294. The van der Waals surface area contributed by atoms with Crippen molar-refractivity contribution >= 4 is 26.9 Å². The average molecular weight is 392 g/mol. The Bertz CT molecular complexity index is 925. The molecule has 9 heteroatoms. The van der Waals surface area contributed by atoms with Crippen LogP contribution in [0.25, 0.3) is 0 Å². The van der Waals surface area contributed by atoms with E-state index in [4.69, 9.17) is 5.90 Å². The molecular weight excluding hydrogens is 368 g/mol. The van der Waals surface area contributed by atoms with Gasteiger partial charge in [0, 0.05) is 31.1 Å². The van der Waals surface area contributed by atoms with Crippen molar-refractivity contribution in [3.05, 3.63) is 42.0 Å². The maximum absolute atomic E-state index is 12.0. The Morgan fingerprint density at radius 2 is 1.67 bits per heavy atom. The molecule has 0 aromatic heterocycles. The first-order chi connectivity index (χ1) is 12.8. The van der Waals surface area contributed by atoms with Gasteiger partial charge in [-0.05, 0) is 56.7 Å². The molecule has 0 saturated heterocycles. The second-order valence-electron chi connectivity index (χ2n) is 5.92. The lowest BCUT2D eigenvalue weighted by atomic mass is 10.1. The molecule has 0 aliphatic heterocycles. The van der Waals surface area contributed by atoms with Gasteiger partial charge < -0.3 is 9.79 Å². The smallest absolute Gasteiger partial charge is 0.177 e. The van der Waals surface area contributed by atoms with E-state index in [1.54, 1.807) is 0 Å². The maximum Gasteiger partial charge on any atom is 0.177 e. The van der Waals surface area contributed by atoms with Gasteiger partial charge in [0.05, 0.1) is 10.6 Å². The van der Waals surface area contributed by atoms with E-state index in [2.05, 4.69) is 38.9 Å². The third kappa shape index (κ3) is 5.25. The van der Waals surface area contributed by atoms with E-state index in [1.807, 2.05) is 25.1 Å². The van der Waals surface area contributed by atoms with E-state index in [9.17, 15) is 8.42 Å². The molecule has 0 bridgehead atoms. The highest BCUT2D eigenvalue weighted by molar-refractivity contribution is 7.90. The first-order valence-corrected chi connectivity index (χ1v) is 10.3. The van der Waals surface area contributed by atoms with Gasteiger partial charge in [-0.15, -0.1) is 5.11 Å². The molecule has 0 unspecified atom stereocenters. The van der Waals surface area contributed by atoms with Crippen LogP contribution in [0.3, 0.4) is 0 Å². The second-order valence-corrected chi connectivity index (χ2v) is 7.91. The minimum atomic E-state index is -3.55. The first kappa shape index (κ1) is 20.8. The number of aryl methyl sites for hydroxylation is 1. The summed E-state index contributed by atoms with van der Waals surface area (Å²) in [6, 6.07) is 10.1. The van der Waals surface area contributed by atoms with Crippen molar-refractivity contribution in [3.63, 3.8) is 0 Å². The van der Waals surface area contributed by atoms with E-state index in [-0.39, 0.29) is 16.3 Å². The summed E-state index contributed by atoms with van der Waals surface area (Å²) in [6.45, 7) is 7.96. The van der Waals surface area contributed by atoms with Gasteiger partial charge in [-0.1, -0.05) is 4.99 Å². The molecule has 2 N–H and O–H groups in total. The maximum atomic E-state index is 12.0. The number of azo groups is 1. The van der Waals surface area contributed by atoms with Crippen LogP contribution in [0.5, 0.6) is 5.75 Å². The number of hydrogen-bond acceptors (Lipinski definition) is 8. The number of hydrogen-bond donors (Lipinski definition) is 1. The predicted molar refractivity (Wildman–Crippen MR) is 104 cm³/mol. The van der Waals surface area contributed by atoms with Crippen molar-refractivity contribution in [2.24, 2.45) is 16.1 Å². The molecule has 2 rings (SSSR count). The largest absolute Gasteiger partial charge is 0.372 e. The van der Waals surface area contributed by atoms with Gasteiger partial charge in [0.2, 0.25) is 0 Å². The van der Waals surface area contributed by atoms with Crippen molar-refractivity contribution in [2.75, 3.05) is 24.2 Å². The lowest BCUT2D eigenvalue weighted by Crippen LogP contribution is -2.21. The molecule has 0 saturated carbocycles. The van der Waals surface area contributed by atoms with Crippen molar-refractivity contribution in [1.82, 2.24) is 0 Å². The van der Waals surface area contributed by atoms with Crippen LogP contribution < -0.4 is 15.7 Å². The zero-order valence-electron chi connectivity index (χ0n) is 15.8. The van der Waals surface area contributed by atoms with Gasteiger partial charge in [-0.2, -0.15) is 11.0 Å². The van der Waals surface area contributed by atoms with Crippen LogP contribution in [0.15, 0.2) is 51.5 Å². The Hall–Kier alpha value is -2.49. The fourth-order valence-electron chi connectivity index (χ4n) is 2.63. The van der Waals surface area contributed by atoms with Crippen molar-refractivity contribution < 1.29 is 18.3 Å². The molecule has 27 heavy (non-hydrogen) atoms. The third-order valence-corrected chi connectivity index (χ3v) is 5.18. The molecule has 0 aliphatic carbocycles. The van der Waals surface area contributed by atoms with Crippen LogP contribution in [0.1, 0.15) is 19.4 Å². The molecule has 2 aromatic rings. The number of nitrogens with zero attached hydrogens (tertiary/aromatic N) is 3. The van der Waals surface area contributed by atoms with Crippen LogP contribution in [0, 0.1) is 6.92 Å². The molecule has 0 fully saturated rings. The first-order valence-electron chi connectivity index (χ1n) is 8.45. The molecule has 8 nitrogen and oxygen atoms in total. The molecule has 0 heterocycles. The number of nitrogens with two attached hydrogens (primary N) is 1. The van der Waals surface area contributed by atoms with Gasteiger partial charge in [-0.25, -0.2) is 8.42 Å². The Balaban J connectivity index is 2.38. The van der Waals surface area contributed by atoms with E-state index < -0.39 is 9.84 Å². The van der Waals surface area contributed by atoms with E-state index in [0.717, 1.165) is 30.6 Å². The molecule has 0 radical (unpaired) electrons. The second kappa shape index (κ2) is 8.94. The highest BCUT2D eigenvalue weighted by atomic mass is 32.2. The van der Waals surface area contributed by atoms with Crippen molar-refractivity contribution in [3.8, 4) is 5.75 Å². The molecule has 0 amide bonds. The van der Waals surface area contributed by atoms with Crippen molar-refractivity contribution in [2.45, 2.75) is 25.7 Å². The summed E-state index contributed by atoms with van der Waals surface area (Å²) < 4.78 is 24.1. The van der Waals surface area contributed by atoms with Crippen LogP contribution in [0.4, 0.5) is 17.1 Å². The Labute approximate surface area is 159 Å². The Morgan fingerprint density at radius 1 is 1.04 bits per heavy atom. The molecule has 0 atom stereocenters. The Kier molecular flexibility index (Phi) is 6.89. The van der Waals surface area contributed by atoms with E-state index in [1.165, 1.54) is 18.2 Å². The summed E-state index contributed by atoms with van der Waals surface area (Å²) in [5, 5.41) is 8.35. The van der Waals surface area contributed by atoms with Gasteiger partial charge in [0.15, 0.2) is 15.6 Å². The minimum Gasteiger partial charge on any atom is -0.372 e. The van der Waals surface area contributed by atoms with Crippen LogP contribution in [-0.2, 0) is 14.8 Å². The predicted octanol–water partition coefficient (Wildman–Crippen LogP) is 3.84. The fraction of sp³-hybridized carbons (Fsp3) is 0.333. The van der Waals surface area contributed by atoms with Gasteiger partial charge in [0.25, 0.3) is 0 Å². The number of anilines is 1. The summed E-state index contributed by atoms with van der Waals surface area (Å²) in [5.74, 6) is 5.00. The highest BCUT2D eigenvalue weighted by Gasteiger charge is 2.15. The average Bonchev–Trinajstić information content (AvgIpc) is 2.62. The molecule has 0 aliphatic rings. The highest BCUT2D eigenvalue weighted by Crippen LogP contribution is 2.31. The summed E-state index contributed by atoms with van der Waals surface area (Å²) in [4.78, 5) is 10.9. The lowest BCUT2D eigenvalue weighted by Gasteiger charge is -2.21. The van der Waals surface area contributed by atoms with Crippen LogP contribution in [0.2, 0.25) is 0 Å². The number of sulfone groups is 1. The van der Waals surface area contributed by atoms with Gasteiger partial charge >= 0.3 is 0 Å². The summed E-state index contributed by atoms with van der Waals surface area (Å²) in [5.41, 5.74) is 2.92. The summed E-state index contributed by atoms with van der Waals surface area (Å²) >= 11 is 0. The molecule has 2 aromatic carbocycles. The third-order valence-electron chi connectivity index (χ3n) is 4.05. The SMILES string of the molecule is CCN(CC)c1ccc(N=Nc2ccc(OON)cc2S(C)(=O)=O)c(C)c1. The quantitative estimate of drug-likeness (QED) is 0.415.